The lowest BCUT2D eigenvalue weighted by atomic mass is 9.73. The lowest BCUT2D eigenvalue weighted by molar-refractivity contribution is 0.330. The molecule has 0 bridgehead atoms. The van der Waals surface area contributed by atoms with E-state index >= 15 is 0 Å². The first-order chi connectivity index (χ1) is 11.1. The molecule has 0 aliphatic heterocycles. The number of halogens is 1. The van der Waals surface area contributed by atoms with Crippen molar-refractivity contribution < 1.29 is 10.0 Å². The summed E-state index contributed by atoms with van der Waals surface area (Å²) in [7, 11) is -1.42. The van der Waals surface area contributed by atoms with Crippen molar-refractivity contribution in [2.24, 2.45) is 5.92 Å². The molecule has 4 rings (SSSR count). The third kappa shape index (κ3) is 2.61. The summed E-state index contributed by atoms with van der Waals surface area (Å²) in [5.41, 5.74) is 5.59. The predicted molar refractivity (Wildman–Crippen MR) is 95.1 cm³/mol. The zero-order valence-electron chi connectivity index (χ0n) is 13.0. The number of rotatable bonds is 2. The lowest BCUT2D eigenvalue weighted by Crippen LogP contribution is -2.30. The first-order valence-corrected chi connectivity index (χ1v) is 8.83. The fraction of sp³-hybridized carbons (Fsp3) is 0.368. The summed E-state index contributed by atoms with van der Waals surface area (Å²) in [5.74, 6) is 0.950. The molecule has 2 aromatic rings. The monoisotopic (exact) mass is 326 g/mol. The fourth-order valence-corrected chi connectivity index (χ4v) is 4.60. The van der Waals surface area contributed by atoms with Crippen LogP contribution in [0, 0.1) is 5.92 Å². The van der Waals surface area contributed by atoms with Gasteiger partial charge in [-0.1, -0.05) is 55.1 Å². The number of hydrogen-bond acceptors (Lipinski definition) is 2. The van der Waals surface area contributed by atoms with Gasteiger partial charge < -0.3 is 10.0 Å². The summed E-state index contributed by atoms with van der Waals surface area (Å²) in [6.07, 6.45) is 6.38. The van der Waals surface area contributed by atoms with E-state index in [4.69, 9.17) is 11.6 Å². The highest BCUT2D eigenvalue weighted by atomic mass is 35.5. The van der Waals surface area contributed by atoms with E-state index in [0.29, 0.717) is 17.3 Å². The highest BCUT2D eigenvalue weighted by molar-refractivity contribution is 6.58. The van der Waals surface area contributed by atoms with Crippen LogP contribution in [0.15, 0.2) is 36.4 Å². The Bertz CT molecular complexity index is 738. The molecule has 0 amide bonds. The van der Waals surface area contributed by atoms with E-state index in [2.05, 4.69) is 12.1 Å². The van der Waals surface area contributed by atoms with Crippen LogP contribution in [0.5, 0.6) is 0 Å². The standard InChI is InChI=1S/C19H20BClO2/c21-14-7-9-16-15-8-6-13(20(22)23)10-17(15)19(18(16)11-14)12-4-2-1-3-5-12/h6-12,19,22-23H,1-5H2. The van der Waals surface area contributed by atoms with Crippen LogP contribution in [0.4, 0.5) is 0 Å². The van der Waals surface area contributed by atoms with E-state index in [1.165, 1.54) is 54.4 Å². The van der Waals surface area contributed by atoms with E-state index in [1.54, 1.807) is 0 Å². The van der Waals surface area contributed by atoms with Gasteiger partial charge in [0.05, 0.1) is 0 Å². The minimum Gasteiger partial charge on any atom is -0.423 e. The van der Waals surface area contributed by atoms with Crippen molar-refractivity contribution in [3.63, 3.8) is 0 Å². The number of fused-ring (bicyclic) bond motifs is 3. The second kappa shape index (κ2) is 5.97. The molecule has 23 heavy (non-hydrogen) atoms. The Balaban J connectivity index is 1.87. The Hall–Kier alpha value is -1.29. The molecule has 0 aromatic heterocycles. The van der Waals surface area contributed by atoms with Gasteiger partial charge in [0.15, 0.2) is 0 Å². The molecule has 2 N–H and O–H groups in total. The molecular weight excluding hydrogens is 306 g/mol. The van der Waals surface area contributed by atoms with Crippen molar-refractivity contribution >= 4 is 24.2 Å². The van der Waals surface area contributed by atoms with Gasteiger partial charge >= 0.3 is 7.12 Å². The summed E-state index contributed by atoms with van der Waals surface area (Å²) in [6, 6.07) is 12.0. The van der Waals surface area contributed by atoms with Crippen molar-refractivity contribution in [1.29, 1.82) is 0 Å². The van der Waals surface area contributed by atoms with Crippen molar-refractivity contribution in [2.75, 3.05) is 0 Å². The van der Waals surface area contributed by atoms with Crippen LogP contribution in [0.3, 0.4) is 0 Å². The molecule has 0 saturated heterocycles. The lowest BCUT2D eigenvalue weighted by Gasteiger charge is -2.29. The molecule has 2 aliphatic carbocycles. The molecular formula is C19H20BClO2. The van der Waals surface area contributed by atoms with Crippen molar-refractivity contribution in [3.05, 3.63) is 52.5 Å². The van der Waals surface area contributed by atoms with Gasteiger partial charge in [0, 0.05) is 10.9 Å². The molecule has 1 fully saturated rings. The Morgan fingerprint density at radius 3 is 2.22 bits per heavy atom. The van der Waals surface area contributed by atoms with Gasteiger partial charge in [-0.25, -0.2) is 0 Å². The first kappa shape index (κ1) is 15.3. The second-order valence-electron chi connectivity index (χ2n) is 6.83. The number of benzene rings is 2. The van der Waals surface area contributed by atoms with Gasteiger partial charge in [-0.2, -0.15) is 0 Å². The highest BCUT2D eigenvalue weighted by Crippen LogP contribution is 2.51. The topological polar surface area (TPSA) is 40.5 Å². The fourth-order valence-electron chi connectivity index (χ4n) is 4.42. The largest absolute Gasteiger partial charge is 0.488 e. The van der Waals surface area contributed by atoms with Crippen molar-refractivity contribution in [3.8, 4) is 11.1 Å². The molecule has 2 nitrogen and oxygen atoms in total. The SMILES string of the molecule is OB(O)c1ccc2c(c1)C(C1CCCCC1)c1cc(Cl)ccc1-2. The van der Waals surface area contributed by atoms with Crippen LogP contribution in [0.2, 0.25) is 5.02 Å². The van der Waals surface area contributed by atoms with E-state index in [9.17, 15) is 10.0 Å². The molecule has 1 atom stereocenters. The Morgan fingerprint density at radius 1 is 0.870 bits per heavy atom. The Kier molecular flexibility index (Phi) is 3.96. The molecule has 0 radical (unpaired) electrons. The normalized spacial score (nSPS) is 20.2. The van der Waals surface area contributed by atoms with Crippen LogP contribution in [-0.2, 0) is 0 Å². The molecule has 1 saturated carbocycles. The second-order valence-corrected chi connectivity index (χ2v) is 7.26. The molecule has 0 spiro atoms. The van der Waals surface area contributed by atoms with Gasteiger partial charge in [-0.15, -0.1) is 0 Å². The van der Waals surface area contributed by atoms with Gasteiger partial charge in [0.2, 0.25) is 0 Å². The summed E-state index contributed by atoms with van der Waals surface area (Å²) >= 11 is 6.27. The average Bonchev–Trinajstić information content (AvgIpc) is 2.88. The smallest absolute Gasteiger partial charge is 0.423 e. The molecule has 118 valence electrons. The summed E-state index contributed by atoms with van der Waals surface area (Å²) < 4.78 is 0. The van der Waals surface area contributed by atoms with Gasteiger partial charge in [0.1, 0.15) is 0 Å². The summed E-state index contributed by atoms with van der Waals surface area (Å²) in [5, 5.41) is 19.9. The summed E-state index contributed by atoms with van der Waals surface area (Å²) in [6.45, 7) is 0. The van der Waals surface area contributed by atoms with Crippen LogP contribution >= 0.6 is 11.6 Å². The molecule has 4 heteroatoms. The Labute approximate surface area is 142 Å². The Morgan fingerprint density at radius 2 is 1.52 bits per heavy atom. The molecule has 1 unspecified atom stereocenters. The van der Waals surface area contributed by atoms with E-state index in [-0.39, 0.29) is 0 Å². The van der Waals surface area contributed by atoms with Crippen molar-refractivity contribution in [2.45, 2.75) is 38.0 Å². The van der Waals surface area contributed by atoms with Crippen LogP contribution < -0.4 is 5.46 Å². The quantitative estimate of drug-likeness (QED) is 0.826. The van der Waals surface area contributed by atoms with Gasteiger partial charge in [-0.05, 0) is 58.6 Å². The van der Waals surface area contributed by atoms with E-state index in [1.807, 2.05) is 24.3 Å². The minimum atomic E-state index is -1.42. The molecule has 2 aliphatic rings. The third-order valence-electron chi connectivity index (χ3n) is 5.47. The maximum absolute atomic E-state index is 9.55. The van der Waals surface area contributed by atoms with Crippen LogP contribution in [0.1, 0.15) is 49.1 Å². The third-order valence-corrected chi connectivity index (χ3v) is 5.70. The highest BCUT2D eigenvalue weighted by Gasteiger charge is 2.35. The maximum atomic E-state index is 9.55. The first-order valence-electron chi connectivity index (χ1n) is 8.45. The van der Waals surface area contributed by atoms with Crippen molar-refractivity contribution in [1.82, 2.24) is 0 Å². The molecule has 0 heterocycles. The zero-order chi connectivity index (χ0) is 16.0. The van der Waals surface area contributed by atoms with Crippen LogP contribution in [-0.4, -0.2) is 17.2 Å². The van der Waals surface area contributed by atoms with Gasteiger partial charge in [0.25, 0.3) is 0 Å². The average molecular weight is 327 g/mol. The van der Waals surface area contributed by atoms with Crippen LogP contribution in [0.25, 0.3) is 11.1 Å². The maximum Gasteiger partial charge on any atom is 0.488 e. The summed E-state index contributed by atoms with van der Waals surface area (Å²) in [4.78, 5) is 0. The van der Waals surface area contributed by atoms with Gasteiger partial charge in [-0.3, -0.25) is 0 Å². The van der Waals surface area contributed by atoms with E-state index < -0.39 is 7.12 Å². The zero-order valence-corrected chi connectivity index (χ0v) is 13.8. The minimum absolute atomic E-state index is 0.331. The number of hydrogen-bond donors (Lipinski definition) is 2. The molecule has 2 aromatic carbocycles. The predicted octanol–water partition coefficient (Wildman–Crippen LogP) is 3.71. The van der Waals surface area contributed by atoms with E-state index in [0.717, 1.165) is 5.02 Å².